The summed E-state index contributed by atoms with van der Waals surface area (Å²) in [7, 11) is 0. The third kappa shape index (κ3) is 3.37. The van der Waals surface area contributed by atoms with Crippen molar-refractivity contribution >= 4 is 35.2 Å². The van der Waals surface area contributed by atoms with Gasteiger partial charge in [-0.25, -0.2) is 0 Å². The van der Waals surface area contributed by atoms with E-state index in [0.717, 1.165) is 11.1 Å². The van der Waals surface area contributed by atoms with E-state index in [1.54, 1.807) is 36.4 Å². The van der Waals surface area contributed by atoms with Gasteiger partial charge in [0.15, 0.2) is 0 Å². The first kappa shape index (κ1) is 14.1. The van der Waals surface area contributed by atoms with E-state index in [-0.39, 0.29) is 10.8 Å². The highest BCUT2D eigenvalue weighted by molar-refractivity contribution is 6.47. The molecule has 0 amide bonds. The predicted molar refractivity (Wildman–Crippen MR) is 85.5 cm³/mol. The molecular weight excluding hydrogens is 270 g/mol. The lowest BCUT2D eigenvalue weighted by atomic mass is 10.1. The number of carbonyl (C=O) groups excluding carboxylic acids is 1. The molecule has 0 saturated carbocycles. The molecule has 0 bridgehead atoms. The van der Waals surface area contributed by atoms with Gasteiger partial charge in [-0.3, -0.25) is 4.79 Å². The number of benzene rings is 2. The lowest BCUT2D eigenvalue weighted by molar-refractivity contribution is 0.104. The fraction of sp³-hybridized carbons (Fsp3) is 0. The van der Waals surface area contributed by atoms with Crippen molar-refractivity contribution in [3.05, 3.63) is 76.8 Å². The van der Waals surface area contributed by atoms with Crippen LogP contribution in [0.1, 0.15) is 21.5 Å². The number of nitrogen functional groups attached to an aromatic ring is 1. The van der Waals surface area contributed by atoms with Crippen LogP contribution in [0.5, 0.6) is 0 Å². The van der Waals surface area contributed by atoms with Gasteiger partial charge in [-0.15, -0.1) is 0 Å². The third-order valence-corrected chi connectivity index (χ3v) is 3.14. The molecule has 2 aromatic rings. The van der Waals surface area contributed by atoms with Crippen LogP contribution in [0.2, 0.25) is 0 Å². The Labute approximate surface area is 123 Å². The van der Waals surface area contributed by atoms with Gasteiger partial charge in [0.2, 0.25) is 5.78 Å². The van der Waals surface area contributed by atoms with E-state index < -0.39 is 0 Å². The van der Waals surface area contributed by atoms with Crippen molar-refractivity contribution in [1.29, 1.82) is 0 Å². The van der Waals surface area contributed by atoms with Crippen molar-refractivity contribution in [2.75, 3.05) is 5.73 Å². The van der Waals surface area contributed by atoms with E-state index in [2.05, 4.69) is 6.58 Å². The Morgan fingerprint density at radius 1 is 1.00 bits per heavy atom. The van der Waals surface area contributed by atoms with Gasteiger partial charge < -0.3 is 5.73 Å². The summed E-state index contributed by atoms with van der Waals surface area (Å²) >= 11 is 6.07. The second-order valence-corrected chi connectivity index (χ2v) is 4.72. The van der Waals surface area contributed by atoms with E-state index in [1.807, 2.05) is 24.3 Å². The summed E-state index contributed by atoms with van der Waals surface area (Å²) < 4.78 is 0. The van der Waals surface area contributed by atoms with E-state index in [9.17, 15) is 4.79 Å². The van der Waals surface area contributed by atoms with Crippen LogP contribution in [0, 0.1) is 0 Å². The van der Waals surface area contributed by atoms with E-state index in [1.165, 1.54) is 0 Å². The Kier molecular flexibility index (Phi) is 4.38. The summed E-state index contributed by atoms with van der Waals surface area (Å²) in [5, 5.41) is 0.168. The fourth-order valence-corrected chi connectivity index (χ4v) is 1.95. The number of Topliss-reactive ketones (excluding diaryl/α,β-unsaturated/α-hetero) is 1. The average molecular weight is 284 g/mol. The molecule has 3 heteroatoms. The standard InChI is InChI=1S/C17H14ClNO/c1-2-12-3-7-14(8-4-12)17(20)16(18)11-13-5-9-15(19)10-6-13/h2-11H,1,19H2. The minimum absolute atomic E-state index is 0.168. The summed E-state index contributed by atoms with van der Waals surface area (Å²) in [4.78, 5) is 12.2. The van der Waals surface area contributed by atoms with Crippen LogP contribution in [0.3, 0.4) is 0 Å². The normalized spacial score (nSPS) is 11.2. The third-order valence-electron chi connectivity index (χ3n) is 2.86. The van der Waals surface area contributed by atoms with Gasteiger partial charge in [-0.2, -0.15) is 0 Å². The highest BCUT2D eigenvalue weighted by atomic mass is 35.5. The summed E-state index contributed by atoms with van der Waals surface area (Å²) in [6.45, 7) is 3.67. The molecule has 0 aromatic heterocycles. The minimum Gasteiger partial charge on any atom is -0.399 e. The largest absolute Gasteiger partial charge is 0.399 e. The maximum atomic E-state index is 12.2. The molecule has 0 fully saturated rings. The number of nitrogens with two attached hydrogens (primary N) is 1. The van der Waals surface area contributed by atoms with Crippen molar-refractivity contribution in [1.82, 2.24) is 0 Å². The molecule has 0 aliphatic carbocycles. The molecule has 2 nitrogen and oxygen atoms in total. The van der Waals surface area contributed by atoms with Crippen molar-refractivity contribution < 1.29 is 4.79 Å². The highest BCUT2D eigenvalue weighted by Crippen LogP contribution is 2.17. The van der Waals surface area contributed by atoms with Crippen LogP contribution in [0.4, 0.5) is 5.69 Å². The first-order valence-corrected chi connectivity index (χ1v) is 6.48. The zero-order chi connectivity index (χ0) is 14.5. The van der Waals surface area contributed by atoms with Gasteiger partial charge >= 0.3 is 0 Å². The summed E-state index contributed by atoms with van der Waals surface area (Å²) in [5.74, 6) is -0.209. The van der Waals surface area contributed by atoms with E-state index in [4.69, 9.17) is 17.3 Å². The number of hydrogen-bond acceptors (Lipinski definition) is 2. The lowest BCUT2D eigenvalue weighted by Gasteiger charge is -2.01. The zero-order valence-corrected chi connectivity index (χ0v) is 11.6. The molecule has 100 valence electrons. The summed E-state index contributed by atoms with van der Waals surface area (Å²) in [5.41, 5.74) is 8.62. The molecule has 0 aliphatic heterocycles. The van der Waals surface area contributed by atoms with Crippen LogP contribution < -0.4 is 5.73 Å². The predicted octanol–water partition coefficient (Wildman–Crippen LogP) is 4.37. The first-order chi connectivity index (χ1) is 9.60. The van der Waals surface area contributed by atoms with Crippen LogP contribution in [0.15, 0.2) is 60.1 Å². The van der Waals surface area contributed by atoms with Crippen molar-refractivity contribution in [2.45, 2.75) is 0 Å². The van der Waals surface area contributed by atoms with Crippen molar-refractivity contribution in [2.24, 2.45) is 0 Å². The van der Waals surface area contributed by atoms with Gasteiger partial charge in [-0.05, 0) is 29.3 Å². The molecule has 0 unspecified atom stereocenters. The molecule has 0 radical (unpaired) electrons. The lowest BCUT2D eigenvalue weighted by Crippen LogP contribution is -1.98. The number of halogens is 1. The Bertz CT molecular complexity index is 654. The average Bonchev–Trinajstić information content (AvgIpc) is 2.49. The highest BCUT2D eigenvalue weighted by Gasteiger charge is 2.09. The molecule has 0 heterocycles. The molecule has 20 heavy (non-hydrogen) atoms. The van der Waals surface area contributed by atoms with Gasteiger partial charge in [0, 0.05) is 11.3 Å². The molecule has 0 aliphatic rings. The van der Waals surface area contributed by atoms with Crippen LogP contribution in [0.25, 0.3) is 12.2 Å². The van der Waals surface area contributed by atoms with Gasteiger partial charge in [0.05, 0.1) is 5.03 Å². The van der Waals surface area contributed by atoms with Crippen molar-refractivity contribution in [3.63, 3.8) is 0 Å². The minimum atomic E-state index is -0.209. The second kappa shape index (κ2) is 6.22. The van der Waals surface area contributed by atoms with Gasteiger partial charge in [-0.1, -0.05) is 60.7 Å². The number of hydrogen-bond donors (Lipinski definition) is 1. The summed E-state index contributed by atoms with van der Waals surface area (Å²) in [6, 6.07) is 14.3. The van der Waals surface area contributed by atoms with Crippen LogP contribution in [-0.4, -0.2) is 5.78 Å². The van der Waals surface area contributed by atoms with E-state index in [0.29, 0.717) is 11.3 Å². The molecule has 0 saturated heterocycles. The quantitative estimate of drug-likeness (QED) is 0.514. The Morgan fingerprint density at radius 3 is 2.10 bits per heavy atom. The number of carbonyl (C=O) groups is 1. The van der Waals surface area contributed by atoms with Crippen molar-refractivity contribution in [3.8, 4) is 0 Å². The Hall–Kier alpha value is -2.32. The first-order valence-electron chi connectivity index (χ1n) is 6.10. The Balaban J connectivity index is 2.22. The maximum Gasteiger partial charge on any atom is 0.204 e. The molecule has 0 spiro atoms. The van der Waals surface area contributed by atoms with Crippen LogP contribution >= 0.6 is 11.6 Å². The number of rotatable bonds is 4. The Morgan fingerprint density at radius 2 is 1.55 bits per heavy atom. The smallest absolute Gasteiger partial charge is 0.204 e. The number of ketones is 1. The molecule has 2 aromatic carbocycles. The molecule has 2 N–H and O–H groups in total. The topological polar surface area (TPSA) is 43.1 Å². The SMILES string of the molecule is C=Cc1ccc(C(=O)C(Cl)=Cc2ccc(N)cc2)cc1. The number of allylic oxidation sites excluding steroid dienone is 1. The van der Waals surface area contributed by atoms with Gasteiger partial charge in [0.25, 0.3) is 0 Å². The molecule has 2 rings (SSSR count). The van der Waals surface area contributed by atoms with E-state index >= 15 is 0 Å². The number of anilines is 1. The van der Waals surface area contributed by atoms with Crippen LogP contribution in [-0.2, 0) is 0 Å². The fourth-order valence-electron chi connectivity index (χ4n) is 1.71. The molecular formula is C17H14ClNO. The summed E-state index contributed by atoms with van der Waals surface area (Å²) in [6.07, 6.45) is 3.35. The second-order valence-electron chi connectivity index (χ2n) is 4.31. The van der Waals surface area contributed by atoms with Gasteiger partial charge in [0.1, 0.15) is 0 Å². The zero-order valence-electron chi connectivity index (χ0n) is 10.8. The maximum absolute atomic E-state index is 12.2. The molecule has 0 atom stereocenters. The monoisotopic (exact) mass is 283 g/mol.